The number of nitrogens with zero attached hydrogens (tertiary/aromatic N) is 1. The third kappa shape index (κ3) is 4.29. The van der Waals surface area contributed by atoms with Crippen molar-refractivity contribution in [3.05, 3.63) is 35.1 Å². The number of ether oxygens (including phenoxy) is 1. The monoisotopic (exact) mass is 333 g/mol. The number of ketones is 1. The van der Waals surface area contributed by atoms with Crippen molar-refractivity contribution in [2.75, 3.05) is 33.4 Å². The summed E-state index contributed by atoms with van der Waals surface area (Å²) >= 11 is 0. The van der Waals surface area contributed by atoms with E-state index < -0.39 is 23.3 Å². The third-order valence-electron chi connectivity index (χ3n) is 4.17. The number of benzene rings is 1. The summed E-state index contributed by atoms with van der Waals surface area (Å²) in [5.41, 5.74) is -0.691. The van der Waals surface area contributed by atoms with Gasteiger partial charge in [-0.05, 0) is 43.5 Å². The van der Waals surface area contributed by atoms with Crippen LogP contribution in [0.1, 0.15) is 34.7 Å². The van der Waals surface area contributed by atoms with Crippen LogP contribution in [-0.4, -0.2) is 50.2 Å². The molecule has 0 N–H and O–H groups in total. The van der Waals surface area contributed by atoms with Gasteiger partial charge in [0.2, 0.25) is 0 Å². The number of carbonyl (C=O) groups is 1. The lowest BCUT2D eigenvalue weighted by Crippen LogP contribution is -2.35. The van der Waals surface area contributed by atoms with E-state index in [-0.39, 0.29) is 11.5 Å². The second-order valence-electron chi connectivity index (χ2n) is 5.64. The van der Waals surface area contributed by atoms with Crippen LogP contribution in [0.15, 0.2) is 18.2 Å². The average molecular weight is 333 g/mol. The van der Waals surface area contributed by atoms with Gasteiger partial charge in [0.1, 0.15) is 5.82 Å². The molecule has 0 amide bonds. The van der Waals surface area contributed by atoms with Gasteiger partial charge in [0.25, 0.3) is 5.78 Å². The molecule has 0 saturated carbocycles. The fourth-order valence-corrected chi connectivity index (χ4v) is 2.88. The maximum absolute atomic E-state index is 14.4. The molecule has 128 valence electrons. The minimum Gasteiger partial charge on any atom is -0.383 e. The highest BCUT2D eigenvalue weighted by Gasteiger charge is 2.41. The standard InChI is InChI=1S/C16H19F4NO2/c1-23-10-9-21-7-5-11(6-8-21)12-3-2-4-13(14(12)17)15(22)16(18,19)20/h2-4,11H,5-10H2,1H3. The zero-order chi connectivity index (χ0) is 17.0. The lowest BCUT2D eigenvalue weighted by Gasteiger charge is -2.32. The number of hydrogen-bond donors (Lipinski definition) is 0. The van der Waals surface area contributed by atoms with Gasteiger partial charge in [0.05, 0.1) is 12.2 Å². The zero-order valence-electron chi connectivity index (χ0n) is 12.8. The van der Waals surface area contributed by atoms with Gasteiger partial charge in [0, 0.05) is 13.7 Å². The highest BCUT2D eigenvalue weighted by molar-refractivity contribution is 6.00. The van der Waals surface area contributed by atoms with Crippen molar-refractivity contribution in [1.29, 1.82) is 0 Å². The highest BCUT2D eigenvalue weighted by atomic mass is 19.4. The Labute approximate surface area is 132 Å². The summed E-state index contributed by atoms with van der Waals surface area (Å²) in [6, 6.07) is 3.68. The molecule has 0 unspecified atom stereocenters. The number of rotatable bonds is 5. The van der Waals surface area contributed by atoms with E-state index >= 15 is 0 Å². The molecule has 1 aromatic carbocycles. The molecular weight excluding hydrogens is 314 g/mol. The number of hydrogen-bond acceptors (Lipinski definition) is 3. The van der Waals surface area contributed by atoms with E-state index in [4.69, 9.17) is 4.74 Å². The fraction of sp³-hybridized carbons (Fsp3) is 0.562. The molecular formula is C16H19F4NO2. The van der Waals surface area contributed by atoms with Crippen molar-refractivity contribution in [3.8, 4) is 0 Å². The minimum absolute atomic E-state index is 0.172. The van der Waals surface area contributed by atoms with Crippen LogP contribution in [-0.2, 0) is 4.74 Å². The summed E-state index contributed by atoms with van der Waals surface area (Å²) in [6.45, 7) is 2.84. The largest absolute Gasteiger partial charge is 0.454 e. The molecule has 1 saturated heterocycles. The maximum Gasteiger partial charge on any atom is 0.454 e. The molecule has 2 rings (SSSR count). The topological polar surface area (TPSA) is 29.5 Å². The molecule has 0 atom stereocenters. The molecule has 23 heavy (non-hydrogen) atoms. The summed E-state index contributed by atoms with van der Waals surface area (Å²) < 4.78 is 57.0. The number of carbonyl (C=O) groups excluding carboxylic acids is 1. The van der Waals surface area contributed by atoms with Crippen molar-refractivity contribution in [2.45, 2.75) is 24.9 Å². The molecule has 7 heteroatoms. The number of likely N-dealkylation sites (tertiary alicyclic amines) is 1. The number of methoxy groups -OCH3 is 1. The summed E-state index contributed by atoms with van der Waals surface area (Å²) in [4.78, 5) is 13.5. The average Bonchev–Trinajstić information content (AvgIpc) is 2.52. The summed E-state index contributed by atoms with van der Waals surface area (Å²) in [5, 5.41) is 0. The van der Waals surface area contributed by atoms with Gasteiger partial charge in [-0.25, -0.2) is 4.39 Å². The van der Waals surface area contributed by atoms with E-state index in [0.717, 1.165) is 25.7 Å². The Balaban J connectivity index is 2.12. The van der Waals surface area contributed by atoms with Crippen molar-refractivity contribution in [2.24, 2.45) is 0 Å². The molecule has 1 aliphatic rings. The van der Waals surface area contributed by atoms with Crippen LogP contribution < -0.4 is 0 Å². The van der Waals surface area contributed by atoms with Crippen LogP contribution in [0.2, 0.25) is 0 Å². The SMILES string of the molecule is COCCN1CCC(c2cccc(C(=O)C(F)(F)F)c2F)CC1. The van der Waals surface area contributed by atoms with Crippen molar-refractivity contribution >= 4 is 5.78 Å². The number of halogens is 4. The van der Waals surface area contributed by atoms with Crippen molar-refractivity contribution in [1.82, 2.24) is 4.90 Å². The minimum atomic E-state index is -5.07. The predicted molar refractivity (Wildman–Crippen MR) is 77.1 cm³/mol. The van der Waals surface area contributed by atoms with Crippen LogP contribution in [0.25, 0.3) is 0 Å². The molecule has 1 fully saturated rings. The quantitative estimate of drug-likeness (QED) is 0.611. The number of Topliss-reactive ketones (excluding diaryl/α,β-unsaturated/α-hetero) is 1. The van der Waals surface area contributed by atoms with Crippen LogP contribution in [0, 0.1) is 5.82 Å². The smallest absolute Gasteiger partial charge is 0.383 e. The summed E-state index contributed by atoms with van der Waals surface area (Å²) in [7, 11) is 1.62. The van der Waals surface area contributed by atoms with Gasteiger partial charge >= 0.3 is 6.18 Å². The van der Waals surface area contributed by atoms with E-state index in [9.17, 15) is 22.4 Å². The normalized spacial score (nSPS) is 17.4. The third-order valence-corrected chi connectivity index (χ3v) is 4.17. The Bertz CT molecular complexity index is 552. The number of piperidine rings is 1. The van der Waals surface area contributed by atoms with Gasteiger partial charge < -0.3 is 9.64 Å². The molecule has 0 spiro atoms. The van der Waals surface area contributed by atoms with Gasteiger partial charge in [-0.3, -0.25) is 4.79 Å². The molecule has 0 aliphatic carbocycles. The van der Waals surface area contributed by atoms with Crippen LogP contribution >= 0.6 is 0 Å². The molecule has 1 aliphatic heterocycles. The van der Waals surface area contributed by atoms with Gasteiger partial charge in [-0.1, -0.05) is 12.1 Å². The summed E-state index contributed by atoms with van der Waals surface area (Å²) in [6.07, 6.45) is -3.78. The Morgan fingerprint density at radius 1 is 1.30 bits per heavy atom. The van der Waals surface area contributed by atoms with Gasteiger partial charge in [-0.15, -0.1) is 0 Å². The van der Waals surface area contributed by atoms with Gasteiger partial charge in [-0.2, -0.15) is 13.2 Å². The van der Waals surface area contributed by atoms with Crippen molar-refractivity contribution in [3.63, 3.8) is 0 Å². The molecule has 3 nitrogen and oxygen atoms in total. The first-order chi connectivity index (χ1) is 10.8. The molecule has 0 aromatic heterocycles. The molecule has 1 aromatic rings. The van der Waals surface area contributed by atoms with E-state index in [1.165, 1.54) is 12.1 Å². The Morgan fingerprint density at radius 3 is 2.52 bits per heavy atom. The molecule has 0 bridgehead atoms. The van der Waals surface area contributed by atoms with Crippen LogP contribution in [0.3, 0.4) is 0 Å². The van der Waals surface area contributed by atoms with E-state index in [1.807, 2.05) is 0 Å². The molecule has 1 heterocycles. The highest BCUT2D eigenvalue weighted by Crippen LogP contribution is 2.32. The van der Waals surface area contributed by atoms with Gasteiger partial charge in [0.15, 0.2) is 0 Å². The maximum atomic E-state index is 14.4. The first-order valence-corrected chi connectivity index (χ1v) is 7.45. The Hall–Kier alpha value is -1.47. The van der Waals surface area contributed by atoms with Crippen LogP contribution in [0.5, 0.6) is 0 Å². The zero-order valence-corrected chi connectivity index (χ0v) is 12.8. The predicted octanol–water partition coefficient (Wildman–Crippen LogP) is 3.40. The van der Waals surface area contributed by atoms with E-state index in [0.29, 0.717) is 19.4 Å². The lowest BCUT2D eigenvalue weighted by molar-refractivity contribution is -0.0887. The lowest BCUT2D eigenvalue weighted by atomic mass is 9.87. The van der Waals surface area contributed by atoms with E-state index in [2.05, 4.69) is 4.90 Å². The van der Waals surface area contributed by atoms with E-state index in [1.54, 1.807) is 7.11 Å². The second kappa shape index (κ2) is 7.40. The Morgan fingerprint density at radius 2 is 1.96 bits per heavy atom. The first-order valence-electron chi connectivity index (χ1n) is 7.45. The Kier molecular flexibility index (Phi) is 5.75. The van der Waals surface area contributed by atoms with Crippen LogP contribution in [0.4, 0.5) is 17.6 Å². The first kappa shape index (κ1) is 17.9. The number of alkyl halides is 3. The summed E-state index contributed by atoms with van der Waals surface area (Å²) in [5.74, 6) is -3.34. The fourth-order valence-electron chi connectivity index (χ4n) is 2.88. The second-order valence-corrected chi connectivity index (χ2v) is 5.64. The molecule has 0 radical (unpaired) electrons. The van der Waals surface area contributed by atoms with Crippen molar-refractivity contribution < 1.29 is 27.1 Å².